The maximum atomic E-state index is 12.0. The normalized spacial score (nSPS) is 21.3. The number of aliphatic hydroxyl groups is 1. The Kier molecular flexibility index (Phi) is 8.78. The lowest BCUT2D eigenvalue weighted by Gasteiger charge is -2.12. The second-order valence-corrected chi connectivity index (χ2v) is 6.61. The van der Waals surface area contributed by atoms with Crippen LogP contribution in [0.4, 0.5) is 0 Å². The Labute approximate surface area is 160 Å². The first-order valence-electron chi connectivity index (χ1n) is 9.42. The van der Waals surface area contributed by atoms with Gasteiger partial charge in [-0.25, -0.2) is 0 Å². The lowest BCUT2D eigenvalue weighted by atomic mass is 9.96. The molecule has 0 bridgehead atoms. The van der Waals surface area contributed by atoms with Crippen LogP contribution in [0.1, 0.15) is 38.5 Å². The van der Waals surface area contributed by atoms with Crippen molar-refractivity contribution >= 4 is 11.8 Å². The summed E-state index contributed by atoms with van der Waals surface area (Å²) in [5.41, 5.74) is 0.730. The van der Waals surface area contributed by atoms with Crippen LogP contribution in [0.3, 0.4) is 0 Å². The van der Waals surface area contributed by atoms with Gasteiger partial charge < -0.3 is 14.6 Å². The van der Waals surface area contributed by atoms with E-state index in [9.17, 15) is 14.7 Å². The zero-order chi connectivity index (χ0) is 19.5. The van der Waals surface area contributed by atoms with Crippen molar-refractivity contribution in [3.05, 3.63) is 59.9 Å². The molecule has 0 aromatic rings. The fourth-order valence-electron chi connectivity index (χ4n) is 2.94. The molecule has 27 heavy (non-hydrogen) atoms. The van der Waals surface area contributed by atoms with Crippen molar-refractivity contribution in [2.24, 2.45) is 5.92 Å². The van der Waals surface area contributed by atoms with Crippen LogP contribution in [0.15, 0.2) is 59.9 Å². The van der Waals surface area contributed by atoms with Gasteiger partial charge in [0.15, 0.2) is 5.78 Å². The average molecular weight is 372 g/mol. The van der Waals surface area contributed by atoms with Crippen LogP contribution in [0.25, 0.3) is 0 Å². The molecule has 2 aliphatic carbocycles. The molecular formula is C22H28O5. The number of allylic oxidation sites excluding steroid dienone is 8. The minimum atomic E-state index is -0.643. The summed E-state index contributed by atoms with van der Waals surface area (Å²) < 4.78 is 10.1. The third kappa shape index (κ3) is 7.39. The molecule has 0 aromatic carbocycles. The summed E-state index contributed by atoms with van der Waals surface area (Å²) in [6, 6.07) is 0. The van der Waals surface area contributed by atoms with Crippen molar-refractivity contribution in [1.82, 2.24) is 0 Å². The van der Waals surface area contributed by atoms with Crippen molar-refractivity contribution in [2.75, 3.05) is 13.7 Å². The van der Waals surface area contributed by atoms with E-state index >= 15 is 0 Å². The van der Waals surface area contributed by atoms with Crippen LogP contribution in [0.5, 0.6) is 0 Å². The van der Waals surface area contributed by atoms with Gasteiger partial charge in [-0.3, -0.25) is 9.59 Å². The first kappa shape index (κ1) is 20.9. The van der Waals surface area contributed by atoms with Crippen LogP contribution >= 0.6 is 0 Å². The van der Waals surface area contributed by atoms with Gasteiger partial charge in [0.2, 0.25) is 0 Å². The quantitative estimate of drug-likeness (QED) is 0.260. The summed E-state index contributed by atoms with van der Waals surface area (Å²) in [6.45, 7) is 0.215. The van der Waals surface area contributed by atoms with Gasteiger partial charge in [-0.15, -0.1) is 0 Å². The number of esters is 1. The van der Waals surface area contributed by atoms with E-state index in [1.165, 1.54) is 7.11 Å². The second kappa shape index (κ2) is 11.3. The third-order valence-electron chi connectivity index (χ3n) is 4.49. The number of ether oxygens (including phenoxy) is 2. The molecule has 1 N–H and O–H groups in total. The van der Waals surface area contributed by atoms with Crippen molar-refractivity contribution in [3.8, 4) is 0 Å². The topological polar surface area (TPSA) is 72.8 Å². The number of aliphatic hydroxyl groups excluding tert-OH is 1. The Morgan fingerprint density at radius 2 is 2.22 bits per heavy atom. The number of unbranched alkanes of at least 4 members (excludes halogenated alkanes) is 1. The molecule has 0 aromatic heterocycles. The molecule has 0 saturated heterocycles. The Morgan fingerprint density at radius 1 is 1.37 bits per heavy atom. The van der Waals surface area contributed by atoms with Crippen molar-refractivity contribution in [1.29, 1.82) is 0 Å². The molecular weight excluding hydrogens is 344 g/mol. The van der Waals surface area contributed by atoms with Gasteiger partial charge in [-0.05, 0) is 50.3 Å². The summed E-state index contributed by atoms with van der Waals surface area (Å²) in [7, 11) is 1.39. The minimum Gasteiger partial charge on any atom is -0.491 e. The summed E-state index contributed by atoms with van der Waals surface area (Å²) in [6.07, 6.45) is 18.6. The monoisotopic (exact) mass is 372 g/mol. The highest BCUT2D eigenvalue weighted by molar-refractivity contribution is 6.07. The third-order valence-corrected chi connectivity index (χ3v) is 4.49. The van der Waals surface area contributed by atoms with Gasteiger partial charge in [0, 0.05) is 17.9 Å². The number of carbonyl (C=O) groups is 2. The largest absolute Gasteiger partial charge is 0.491 e. The Balaban J connectivity index is 1.73. The molecule has 0 heterocycles. The molecule has 0 unspecified atom stereocenters. The van der Waals surface area contributed by atoms with E-state index in [0.29, 0.717) is 12.8 Å². The number of hydrogen-bond acceptors (Lipinski definition) is 5. The van der Waals surface area contributed by atoms with Crippen molar-refractivity contribution < 1.29 is 24.2 Å². The molecule has 0 fully saturated rings. The van der Waals surface area contributed by atoms with Crippen molar-refractivity contribution in [3.63, 3.8) is 0 Å². The van der Waals surface area contributed by atoms with E-state index in [1.807, 2.05) is 42.5 Å². The number of rotatable bonds is 11. The van der Waals surface area contributed by atoms with Crippen LogP contribution in [0, 0.1) is 5.92 Å². The van der Waals surface area contributed by atoms with Gasteiger partial charge in [0.25, 0.3) is 0 Å². The minimum absolute atomic E-state index is 0.00800. The van der Waals surface area contributed by atoms with E-state index in [2.05, 4.69) is 4.74 Å². The van der Waals surface area contributed by atoms with Crippen LogP contribution < -0.4 is 0 Å². The standard InChI is InChI=1S/C22H28O5/c1-26-22(25)11-5-3-2-4-8-17-12-15-21(24)20(17)14-13-18(23)16-27-19-9-6-7-10-19/h2,4,6,9-10,12,14-15,17-18,23H,3,5,7-8,11,13,16H2,1H3/b4-2-,20-14+/t17-,18+/m0/s1. The fourth-order valence-corrected chi connectivity index (χ4v) is 2.94. The summed E-state index contributed by atoms with van der Waals surface area (Å²) >= 11 is 0. The van der Waals surface area contributed by atoms with Gasteiger partial charge in [-0.2, -0.15) is 0 Å². The van der Waals surface area contributed by atoms with E-state index in [4.69, 9.17) is 4.74 Å². The molecule has 0 saturated carbocycles. The predicted octanol–water partition coefficient (Wildman–Crippen LogP) is 3.57. The first-order chi connectivity index (χ1) is 13.1. The van der Waals surface area contributed by atoms with Gasteiger partial charge in [0.05, 0.1) is 13.2 Å². The summed E-state index contributed by atoms with van der Waals surface area (Å²) in [5, 5.41) is 10.1. The van der Waals surface area contributed by atoms with Crippen LogP contribution in [0.2, 0.25) is 0 Å². The van der Waals surface area contributed by atoms with E-state index in [0.717, 1.165) is 37.0 Å². The van der Waals surface area contributed by atoms with E-state index < -0.39 is 6.10 Å². The molecule has 0 aliphatic heterocycles. The van der Waals surface area contributed by atoms with Gasteiger partial charge >= 0.3 is 5.97 Å². The Bertz CT molecular complexity index is 666. The van der Waals surface area contributed by atoms with E-state index in [-0.39, 0.29) is 24.3 Å². The highest BCUT2D eigenvalue weighted by Crippen LogP contribution is 2.26. The highest BCUT2D eigenvalue weighted by Gasteiger charge is 2.22. The lowest BCUT2D eigenvalue weighted by molar-refractivity contribution is -0.140. The molecule has 2 atom stereocenters. The maximum Gasteiger partial charge on any atom is 0.305 e. The molecule has 2 aliphatic rings. The van der Waals surface area contributed by atoms with Crippen LogP contribution in [-0.2, 0) is 19.1 Å². The molecule has 0 radical (unpaired) electrons. The summed E-state index contributed by atoms with van der Waals surface area (Å²) in [4.78, 5) is 23.1. The maximum absolute atomic E-state index is 12.0. The number of hydrogen-bond donors (Lipinski definition) is 1. The number of carbonyl (C=O) groups excluding carboxylic acids is 2. The van der Waals surface area contributed by atoms with E-state index in [1.54, 1.807) is 6.08 Å². The van der Waals surface area contributed by atoms with Crippen LogP contribution in [-0.4, -0.2) is 36.7 Å². The van der Waals surface area contributed by atoms with Gasteiger partial charge in [-0.1, -0.05) is 30.4 Å². The predicted molar refractivity (Wildman–Crippen MR) is 104 cm³/mol. The zero-order valence-electron chi connectivity index (χ0n) is 15.8. The Morgan fingerprint density at radius 3 is 2.96 bits per heavy atom. The molecule has 2 rings (SSSR count). The fraction of sp³-hybridized carbons (Fsp3) is 0.455. The zero-order valence-corrected chi connectivity index (χ0v) is 15.8. The summed E-state index contributed by atoms with van der Waals surface area (Å²) in [5.74, 6) is 0.646. The SMILES string of the molecule is COC(=O)CCC/C=C\C[C@H]1C=CC(=O)/C1=C/C[C@@H](O)COC1=CCC=C1. The number of ketones is 1. The Hall–Kier alpha value is -2.40. The molecule has 5 nitrogen and oxygen atoms in total. The molecule has 5 heteroatoms. The lowest BCUT2D eigenvalue weighted by Crippen LogP contribution is -2.14. The average Bonchev–Trinajstić information content (AvgIpc) is 3.31. The smallest absolute Gasteiger partial charge is 0.305 e. The second-order valence-electron chi connectivity index (χ2n) is 6.61. The first-order valence-corrected chi connectivity index (χ1v) is 9.42. The molecule has 0 spiro atoms. The van der Waals surface area contributed by atoms with Crippen molar-refractivity contribution in [2.45, 2.75) is 44.6 Å². The van der Waals surface area contributed by atoms with Gasteiger partial charge in [0.1, 0.15) is 12.4 Å². The highest BCUT2D eigenvalue weighted by atomic mass is 16.5. The number of methoxy groups -OCH3 is 1. The molecule has 146 valence electrons. The molecule has 0 amide bonds.